The van der Waals surface area contributed by atoms with Crippen LogP contribution in [0.3, 0.4) is 0 Å². The lowest BCUT2D eigenvalue weighted by atomic mass is 9.83. The second-order valence-corrected chi connectivity index (χ2v) is 5.89. The van der Waals surface area contributed by atoms with E-state index in [1.54, 1.807) is 0 Å². The Labute approximate surface area is 104 Å². The molecule has 2 unspecified atom stereocenters. The number of rotatable bonds is 4. The zero-order valence-electron chi connectivity index (χ0n) is 10.9. The molecule has 98 valence electrons. The second kappa shape index (κ2) is 5.85. The first-order valence-electron chi connectivity index (χ1n) is 7.11. The molecule has 0 aromatic heterocycles. The maximum atomic E-state index is 11.3. The Kier molecular flexibility index (Phi) is 4.43. The lowest BCUT2D eigenvalue weighted by Crippen LogP contribution is -2.45. The fourth-order valence-electron chi connectivity index (χ4n) is 3.66. The van der Waals surface area contributed by atoms with Gasteiger partial charge in [-0.3, -0.25) is 4.79 Å². The largest absolute Gasteiger partial charge is 0.481 e. The van der Waals surface area contributed by atoms with Gasteiger partial charge in [-0.05, 0) is 38.6 Å². The first-order valence-corrected chi connectivity index (χ1v) is 7.11. The van der Waals surface area contributed by atoms with Gasteiger partial charge >= 0.3 is 5.97 Å². The van der Waals surface area contributed by atoms with E-state index in [2.05, 4.69) is 11.9 Å². The summed E-state index contributed by atoms with van der Waals surface area (Å²) in [5, 5.41) is 9.29. The standard InChI is InChI=1S/C14H25NO2/c1-15(10-11-6-2-3-7-11)13-9-5-4-8-12(13)14(16)17/h11-13H,2-10H2,1H3,(H,16,17). The number of aliphatic carboxylic acids is 1. The summed E-state index contributed by atoms with van der Waals surface area (Å²) in [4.78, 5) is 13.6. The number of carbonyl (C=O) groups is 1. The van der Waals surface area contributed by atoms with Gasteiger partial charge < -0.3 is 10.0 Å². The molecule has 2 fully saturated rings. The number of hydrogen-bond donors (Lipinski definition) is 1. The van der Waals surface area contributed by atoms with E-state index in [0.29, 0.717) is 0 Å². The van der Waals surface area contributed by atoms with Crippen LogP contribution in [0.5, 0.6) is 0 Å². The van der Waals surface area contributed by atoms with Crippen LogP contribution >= 0.6 is 0 Å². The Morgan fingerprint density at radius 2 is 1.71 bits per heavy atom. The monoisotopic (exact) mass is 239 g/mol. The van der Waals surface area contributed by atoms with Crippen LogP contribution in [0.4, 0.5) is 0 Å². The molecule has 0 aromatic carbocycles. The quantitative estimate of drug-likeness (QED) is 0.820. The molecular formula is C14H25NO2. The lowest BCUT2D eigenvalue weighted by molar-refractivity contribution is -0.145. The first-order chi connectivity index (χ1) is 8.18. The molecule has 0 aliphatic heterocycles. The summed E-state index contributed by atoms with van der Waals surface area (Å²) in [5.74, 6) is 0.0968. The molecule has 0 saturated heterocycles. The average Bonchev–Trinajstić information content (AvgIpc) is 2.81. The zero-order chi connectivity index (χ0) is 12.3. The summed E-state index contributed by atoms with van der Waals surface area (Å²) in [6.07, 6.45) is 9.64. The fourth-order valence-corrected chi connectivity index (χ4v) is 3.66. The van der Waals surface area contributed by atoms with Crippen LogP contribution in [0.25, 0.3) is 0 Å². The SMILES string of the molecule is CN(CC1CCCC1)C1CCCCC1C(=O)O. The minimum atomic E-state index is -0.590. The van der Waals surface area contributed by atoms with Crippen molar-refractivity contribution in [1.29, 1.82) is 0 Å². The molecule has 0 heterocycles. The maximum absolute atomic E-state index is 11.3. The van der Waals surface area contributed by atoms with E-state index in [0.717, 1.165) is 31.7 Å². The molecule has 0 amide bonds. The second-order valence-electron chi connectivity index (χ2n) is 5.89. The van der Waals surface area contributed by atoms with E-state index >= 15 is 0 Å². The smallest absolute Gasteiger partial charge is 0.308 e. The Morgan fingerprint density at radius 1 is 1.12 bits per heavy atom. The summed E-state index contributed by atoms with van der Waals surface area (Å²) in [6.45, 7) is 1.11. The van der Waals surface area contributed by atoms with Gasteiger partial charge in [-0.1, -0.05) is 25.7 Å². The van der Waals surface area contributed by atoms with Gasteiger partial charge in [-0.25, -0.2) is 0 Å². The Hall–Kier alpha value is -0.570. The van der Waals surface area contributed by atoms with Crippen molar-refractivity contribution in [3.8, 4) is 0 Å². The number of carboxylic acids is 1. The van der Waals surface area contributed by atoms with Crippen LogP contribution in [0.1, 0.15) is 51.4 Å². The minimum absolute atomic E-state index is 0.129. The van der Waals surface area contributed by atoms with E-state index < -0.39 is 5.97 Å². The van der Waals surface area contributed by atoms with Crippen molar-refractivity contribution < 1.29 is 9.90 Å². The van der Waals surface area contributed by atoms with Gasteiger partial charge in [0.2, 0.25) is 0 Å². The third-order valence-electron chi connectivity index (χ3n) is 4.63. The van der Waals surface area contributed by atoms with Crippen molar-refractivity contribution in [1.82, 2.24) is 4.90 Å². The molecule has 3 nitrogen and oxygen atoms in total. The molecule has 0 aromatic rings. The summed E-state index contributed by atoms with van der Waals surface area (Å²) < 4.78 is 0. The summed E-state index contributed by atoms with van der Waals surface area (Å²) >= 11 is 0. The van der Waals surface area contributed by atoms with Crippen LogP contribution < -0.4 is 0 Å². The molecular weight excluding hydrogens is 214 g/mol. The Morgan fingerprint density at radius 3 is 2.35 bits per heavy atom. The van der Waals surface area contributed by atoms with Gasteiger partial charge in [0.05, 0.1) is 5.92 Å². The van der Waals surface area contributed by atoms with Crippen LogP contribution in [-0.2, 0) is 4.79 Å². The van der Waals surface area contributed by atoms with Crippen molar-refractivity contribution in [2.24, 2.45) is 11.8 Å². The molecule has 1 N–H and O–H groups in total. The van der Waals surface area contributed by atoms with Gasteiger partial charge in [0, 0.05) is 12.6 Å². The van der Waals surface area contributed by atoms with Crippen molar-refractivity contribution >= 4 is 5.97 Å². The summed E-state index contributed by atoms with van der Waals surface area (Å²) in [7, 11) is 2.13. The first kappa shape index (κ1) is 12.9. The molecule has 0 bridgehead atoms. The third kappa shape index (κ3) is 3.21. The predicted octanol–water partition coefficient (Wildman–Crippen LogP) is 2.75. The highest BCUT2D eigenvalue weighted by Gasteiger charge is 2.34. The van der Waals surface area contributed by atoms with Gasteiger partial charge in [-0.2, -0.15) is 0 Å². The Bertz CT molecular complexity index is 261. The van der Waals surface area contributed by atoms with E-state index in [4.69, 9.17) is 0 Å². The number of hydrogen-bond acceptors (Lipinski definition) is 2. The van der Waals surface area contributed by atoms with Crippen molar-refractivity contribution in [2.75, 3.05) is 13.6 Å². The number of carboxylic acid groups (broad SMARTS) is 1. The highest BCUT2D eigenvalue weighted by molar-refractivity contribution is 5.71. The Balaban J connectivity index is 1.90. The van der Waals surface area contributed by atoms with E-state index in [9.17, 15) is 9.90 Å². The minimum Gasteiger partial charge on any atom is -0.481 e. The van der Waals surface area contributed by atoms with Crippen LogP contribution in [0, 0.1) is 11.8 Å². The molecule has 2 aliphatic carbocycles. The molecule has 0 radical (unpaired) electrons. The molecule has 2 rings (SSSR count). The normalized spacial score (nSPS) is 30.9. The molecule has 2 saturated carbocycles. The van der Waals surface area contributed by atoms with E-state index in [1.807, 2.05) is 0 Å². The lowest BCUT2D eigenvalue weighted by Gasteiger charge is -2.37. The highest BCUT2D eigenvalue weighted by atomic mass is 16.4. The predicted molar refractivity (Wildman–Crippen MR) is 68.0 cm³/mol. The van der Waals surface area contributed by atoms with Gasteiger partial charge in [-0.15, -0.1) is 0 Å². The fraction of sp³-hybridized carbons (Fsp3) is 0.929. The molecule has 2 aliphatic rings. The van der Waals surface area contributed by atoms with Crippen molar-refractivity contribution in [2.45, 2.75) is 57.4 Å². The maximum Gasteiger partial charge on any atom is 0.308 e. The molecule has 3 heteroatoms. The average molecular weight is 239 g/mol. The molecule has 17 heavy (non-hydrogen) atoms. The van der Waals surface area contributed by atoms with Crippen LogP contribution in [-0.4, -0.2) is 35.6 Å². The topological polar surface area (TPSA) is 40.5 Å². The summed E-state index contributed by atoms with van der Waals surface area (Å²) in [5.41, 5.74) is 0. The van der Waals surface area contributed by atoms with Gasteiger partial charge in [0.15, 0.2) is 0 Å². The zero-order valence-corrected chi connectivity index (χ0v) is 10.9. The van der Waals surface area contributed by atoms with Crippen molar-refractivity contribution in [3.05, 3.63) is 0 Å². The molecule has 2 atom stereocenters. The van der Waals surface area contributed by atoms with Crippen LogP contribution in [0.2, 0.25) is 0 Å². The van der Waals surface area contributed by atoms with E-state index in [-0.39, 0.29) is 12.0 Å². The number of nitrogens with zero attached hydrogens (tertiary/aromatic N) is 1. The molecule has 0 spiro atoms. The van der Waals surface area contributed by atoms with Gasteiger partial charge in [0.25, 0.3) is 0 Å². The summed E-state index contributed by atoms with van der Waals surface area (Å²) in [6, 6.07) is 0.279. The van der Waals surface area contributed by atoms with Crippen molar-refractivity contribution in [3.63, 3.8) is 0 Å². The van der Waals surface area contributed by atoms with E-state index in [1.165, 1.54) is 32.1 Å². The highest BCUT2D eigenvalue weighted by Crippen LogP contribution is 2.31. The van der Waals surface area contributed by atoms with Gasteiger partial charge in [0.1, 0.15) is 0 Å². The third-order valence-corrected chi connectivity index (χ3v) is 4.63. The van der Waals surface area contributed by atoms with Crippen LogP contribution in [0.15, 0.2) is 0 Å².